The molecule has 2 rings (SSSR count). The fraction of sp³-hybridized carbons (Fsp3) is 0.0769. The van der Waals surface area contributed by atoms with Gasteiger partial charge in [-0.1, -0.05) is 6.07 Å². The maximum absolute atomic E-state index is 11.9. The average Bonchev–Trinajstić information content (AvgIpc) is 2.41. The zero-order valence-corrected chi connectivity index (χ0v) is 9.77. The fourth-order valence-electron chi connectivity index (χ4n) is 1.46. The Morgan fingerprint density at radius 1 is 1.28 bits per heavy atom. The lowest BCUT2D eigenvalue weighted by Gasteiger charge is -2.06. The molecule has 0 saturated heterocycles. The Kier molecular flexibility index (Phi) is 3.43. The standard InChI is InChI=1S/C13H12N2O3/c1-18-11-4-2-3-9(7-11)13(17)15-10-5-6-12(16)14-8-10/h2-8H,1H3,(H,14,16)(H,15,17). The van der Waals surface area contributed by atoms with E-state index in [1.165, 1.54) is 18.3 Å². The van der Waals surface area contributed by atoms with Gasteiger partial charge in [0.15, 0.2) is 0 Å². The molecule has 0 aliphatic heterocycles. The molecule has 92 valence electrons. The molecule has 1 aromatic carbocycles. The highest BCUT2D eigenvalue weighted by Crippen LogP contribution is 2.14. The van der Waals surface area contributed by atoms with Crippen LogP contribution in [0.4, 0.5) is 5.69 Å². The van der Waals surface area contributed by atoms with Crippen LogP contribution in [0, 0.1) is 0 Å². The van der Waals surface area contributed by atoms with Crippen LogP contribution in [0.25, 0.3) is 0 Å². The molecule has 1 aromatic heterocycles. The first-order valence-corrected chi connectivity index (χ1v) is 5.33. The molecule has 0 saturated carbocycles. The van der Waals surface area contributed by atoms with Gasteiger partial charge in [0.05, 0.1) is 12.8 Å². The number of benzene rings is 1. The molecule has 0 aliphatic carbocycles. The summed E-state index contributed by atoms with van der Waals surface area (Å²) in [5.74, 6) is 0.352. The van der Waals surface area contributed by atoms with Crippen LogP contribution in [-0.4, -0.2) is 18.0 Å². The number of H-pyrrole nitrogens is 1. The van der Waals surface area contributed by atoms with E-state index in [0.29, 0.717) is 17.0 Å². The SMILES string of the molecule is COc1cccc(C(=O)Nc2ccc(=O)[nH]c2)c1. The summed E-state index contributed by atoms with van der Waals surface area (Å²) < 4.78 is 5.04. The molecule has 18 heavy (non-hydrogen) atoms. The molecule has 0 fully saturated rings. The minimum absolute atomic E-state index is 0.214. The van der Waals surface area contributed by atoms with Gasteiger partial charge in [0.25, 0.3) is 5.91 Å². The van der Waals surface area contributed by atoms with Crippen molar-refractivity contribution in [3.8, 4) is 5.75 Å². The van der Waals surface area contributed by atoms with E-state index >= 15 is 0 Å². The van der Waals surface area contributed by atoms with Crippen molar-refractivity contribution in [2.45, 2.75) is 0 Å². The molecule has 5 nitrogen and oxygen atoms in total. The lowest BCUT2D eigenvalue weighted by molar-refractivity contribution is 0.102. The summed E-state index contributed by atoms with van der Waals surface area (Å²) in [5, 5.41) is 2.67. The van der Waals surface area contributed by atoms with Gasteiger partial charge in [0.2, 0.25) is 5.56 Å². The highest BCUT2D eigenvalue weighted by molar-refractivity contribution is 6.04. The first-order chi connectivity index (χ1) is 8.69. The molecule has 5 heteroatoms. The van der Waals surface area contributed by atoms with E-state index in [2.05, 4.69) is 10.3 Å². The van der Waals surface area contributed by atoms with Gasteiger partial charge in [-0.05, 0) is 24.3 Å². The van der Waals surface area contributed by atoms with Gasteiger partial charge in [-0.2, -0.15) is 0 Å². The topological polar surface area (TPSA) is 71.2 Å². The summed E-state index contributed by atoms with van der Waals surface area (Å²) in [6.07, 6.45) is 1.44. The molecule has 0 atom stereocenters. The van der Waals surface area contributed by atoms with Crippen molar-refractivity contribution in [2.75, 3.05) is 12.4 Å². The number of hydrogen-bond acceptors (Lipinski definition) is 3. The predicted octanol–water partition coefficient (Wildman–Crippen LogP) is 1.64. The highest BCUT2D eigenvalue weighted by Gasteiger charge is 2.06. The lowest BCUT2D eigenvalue weighted by atomic mass is 10.2. The van der Waals surface area contributed by atoms with E-state index in [0.717, 1.165) is 0 Å². The molecule has 1 heterocycles. The second-order valence-electron chi connectivity index (χ2n) is 3.63. The molecule has 0 spiro atoms. The normalized spacial score (nSPS) is 9.83. The van der Waals surface area contributed by atoms with E-state index in [1.54, 1.807) is 31.4 Å². The Hall–Kier alpha value is -2.56. The van der Waals surface area contributed by atoms with Gasteiger partial charge in [-0.15, -0.1) is 0 Å². The molecule has 0 bridgehead atoms. The van der Waals surface area contributed by atoms with E-state index in [-0.39, 0.29) is 11.5 Å². The molecule has 2 N–H and O–H groups in total. The van der Waals surface area contributed by atoms with Crippen molar-refractivity contribution >= 4 is 11.6 Å². The highest BCUT2D eigenvalue weighted by atomic mass is 16.5. The van der Waals surface area contributed by atoms with Gasteiger partial charge in [0, 0.05) is 17.8 Å². The largest absolute Gasteiger partial charge is 0.497 e. The molecule has 0 radical (unpaired) electrons. The van der Waals surface area contributed by atoms with Crippen LogP contribution >= 0.6 is 0 Å². The number of rotatable bonds is 3. The minimum Gasteiger partial charge on any atom is -0.497 e. The Bertz CT molecular complexity index is 599. The van der Waals surface area contributed by atoms with Crippen LogP contribution in [0.3, 0.4) is 0 Å². The van der Waals surface area contributed by atoms with Gasteiger partial charge in [-0.3, -0.25) is 9.59 Å². The Balaban J connectivity index is 2.16. The van der Waals surface area contributed by atoms with Crippen molar-refractivity contribution in [3.63, 3.8) is 0 Å². The number of aromatic amines is 1. The maximum atomic E-state index is 11.9. The summed E-state index contributed by atoms with van der Waals surface area (Å²) in [4.78, 5) is 25.3. The molecular formula is C13H12N2O3. The summed E-state index contributed by atoms with van der Waals surface area (Å²) in [7, 11) is 1.54. The molecule has 2 aromatic rings. The van der Waals surface area contributed by atoms with Crippen LogP contribution in [-0.2, 0) is 0 Å². The van der Waals surface area contributed by atoms with E-state index in [1.807, 2.05) is 0 Å². The third-order valence-corrected chi connectivity index (χ3v) is 2.37. The summed E-state index contributed by atoms with van der Waals surface area (Å²) >= 11 is 0. The van der Waals surface area contributed by atoms with Gasteiger partial charge in [0.1, 0.15) is 5.75 Å². The van der Waals surface area contributed by atoms with E-state index in [9.17, 15) is 9.59 Å². The van der Waals surface area contributed by atoms with Crippen LogP contribution in [0.5, 0.6) is 5.75 Å². The first kappa shape index (κ1) is 11.9. The van der Waals surface area contributed by atoms with Crippen molar-refractivity contribution in [2.24, 2.45) is 0 Å². The van der Waals surface area contributed by atoms with Crippen molar-refractivity contribution < 1.29 is 9.53 Å². The third kappa shape index (κ3) is 2.76. The van der Waals surface area contributed by atoms with Crippen molar-refractivity contribution in [1.29, 1.82) is 0 Å². The molecule has 0 unspecified atom stereocenters. The number of anilines is 1. The first-order valence-electron chi connectivity index (χ1n) is 5.33. The van der Waals surface area contributed by atoms with Crippen molar-refractivity contribution in [1.82, 2.24) is 4.98 Å². The zero-order valence-electron chi connectivity index (χ0n) is 9.77. The van der Waals surface area contributed by atoms with Crippen molar-refractivity contribution in [3.05, 3.63) is 58.5 Å². The van der Waals surface area contributed by atoms with Gasteiger partial charge >= 0.3 is 0 Å². The number of carbonyl (C=O) groups excluding carboxylic acids is 1. The third-order valence-electron chi connectivity index (χ3n) is 2.37. The summed E-state index contributed by atoms with van der Waals surface area (Å²) in [6.45, 7) is 0. The summed E-state index contributed by atoms with van der Waals surface area (Å²) in [6, 6.07) is 9.71. The molecular weight excluding hydrogens is 232 g/mol. The number of carbonyl (C=O) groups is 1. The maximum Gasteiger partial charge on any atom is 0.255 e. The molecule has 1 amide bonds. The lowest BCUT2D eigenvalue weighted by Crippen LogP contribution is -2.13. The number of ether oxygens (including phenoxy) is 1. The van der Waals surface area contributed by atoms with Crippen LogP contribution < -0.4 is 15.6 Å². The van der Waals surface area contributed by atoms with Crippen LogP contribution in [0.2, 0.25) is 0 Å². The number of nitrogens with one attached hydrogen (secondary N) is 2. The fourth-order valence-corrected chi connectivity index (χ4v) is 1.46. The van der Waals surface area contributed by atoms with E-state index < -0.39 is 0 Å². The number of pyridine rings is 1. The van der Waals surface area contributed by atoms with Gasteiger partial charge in [-0.25, -0.2) is 0 Å². The number of methoxy groups -OCH3 is 1. The molecule has 0 aliphatic rings. The van der Waals surface area contributed by atoms with E-state index in [4.69, 9.17) is 4.74 Å². The average molecular weight is 244 g/mol. The van der Waals surface area contributed by atoms with Gasteiger partial charge < -0.3 is 15.0 Å². The summed E-state index contributed by atoms with van der Waals surface area (Å²) in [5.41, 5.74) is 0.803. The number of amides is 1. The zero-order chi connectivity index (χ0) is 13.0. The second-order valence-corrected chi connectivity index (χ2v) is 3.63. The number of aromatic nitrogens is 1. The minimum atomic E-state index is -0.263. The van der Waals surface area contributed by atoms with Crippen LogP contribution in [0.1, 0.15) is 10.4 Å². The second kappa shape index (κ2) is 5.18. The monoisotopic (exact) mass is 244 g/mol. The predicted molar refractivity (Wildman–Crippen MR) is 68.0 cm³/mol. The Labute approximate surface area is 103 Å². The Morgan fingerprint density at radius 2 is 2.11 bits per heavy atom. The Morgan fingerprint density at radius 3 is 2.78 bits per heavy atom. The smallest absolute Gasteiger partial charge is 0.255 e. The quantitative estimate of drug-likeness (QED) is 0.862. The van der Waals surface area contributed by atoms with Crippen LogP contribution in [0.15, 0.2) is 47.4 Å². The number of hydrogen-bond donors (Lipinski definition) is 2.